The second kappa shape index (κ2) is 8.74. The van der Waals surface area contributed by atoms with Gasteiger partial charge in [-0.25, -0.2) is 4.79 Å². The van der Waals surface area contributed by atoms with Crippen LogP contribution in [0.25, 0.3) is 17.1 Å². The number of hydrogen-bond acceptors (Lipinski definition) is 6. The molecule has 2 heterocycles. The Balaban J connectivity index is 1.86. The predicted molar refractivity (Wildman–Crippen MR) is 116 cm³/mol. The van der Waals surface area contributed by atoms with Crippen LogP contribution in [0.1, 0.15) is 33.5 Å². The quantitative estimate of drug-likeness (QED) is 0.598. The van der Waals surface area contributed by atoms with Crippen LogP contribution in [-0.2, 0) is 4.79 Å². The van der Waals surface area contributed by atoms with E-state index >= 15 is 0 Å². The second-order valence-corrected chi connectivity index (χ2v) is 9.13. The maximum absolute atomic E-state index is 12.5. The van der Waals surface area contributed by atoms with Crippen molar-refractivity contribution in [3.05, 3.63) is 48.4 Å². The zero-order valence-electron chi connectivity index (χ0n) is 17.6. The first-order valence-corrected chi connectivity index (χ1v) is 10.4. The number of carbonyl (C=O) groups excluding carboxylic acids is 2. The van der Waals surface area contributed by atoms with Gasteiger partial charge in [0, 0.05) is 11.2 Å². The molecule has 0 saturated heterocycles. The van der Waals surface area contributed by atoms with E-state index in [1.165, 1.54) is 11.8 Å². The average Bonchev–Trinajstić information content (AvgIpc) is 3.26. The summed E-state index contributed by atoms with van der Waals surface area (Å²) in [5.74, 6) is 0.930. The predicted octanol–water partition coefficient (Wildman–Crippen LogP) is 3.94. The van der Waals surface area contributed by atoms with Crippen molar-refractivity contribution in [3.63, 3.8) is 0 Å². The van der Waals surface area contributed by atoms with Gasteiger partial charge in [-0.15, -0.1) is 10.2 Å². The first-order valence-electron chi connectivity index (χ1n) is 9.50. The van der Waals surface area contributed by atoms with Gasteiger partial charge in [-0.05, 0) is 52.8 Å². The van der Waals surface area contributed by atoms with Crippen molar-refractivity contribution in [3.8, 4) is 17.1 Å². The third-order valence-electron chi connectivity index (χ3n) is 4.12. The Bertz CT molecular complexity index is 1040. The molecule has 3 rings (SSSR count). The molecule has 2 N–H and O–H groups in total. The molecule has 3 amide bonds. The summed E-state index contributed by atoms with van der Waals surface area (Å²) in [5, 5.41) is 13.7. The van der Waals surface area contributed by atoms with Gasteiger partial charge in [0.1, 0.15) is 5.76 Å². The molecule has 0 fully saturated rings. The van der Waals surface area contributed by atoms with Crippen LogP contribution in [0.2, 0.25) is 0 Å². The van der Waals surface area contributed by atoms with E-state index in [9.17, 15) is 9.59 Å². The summed E-state index contributed by atoms with van der Waals surface area (Å²) in [4.78, 5) is 24.5. The SMILES string of the molecule is Cc1occc1-c1nnc(SC(C)C(=O)NC(=O)NC(C)(C)C)n1-c1ccccc1. The third-order valence-corrected chi connectivity index (χ3v) is 5.17. The molecule has 2 aromatic heterocycles. The van der Waals surface area contributed by atoms with Crippen LogP contribution in [0.4, 0.5) is 4.79 Å². The first-order chi connectivity index (χ1) is 14.2. The number of rotatable bonds is 5. The van der Waals surface area contributed by atoms with E-state index in [2.05, 4.69) is 20.8 Å². The van der Waals surface area contributed by atoms with Crippen molar-refractivity contribution in [1.29, 1.82) is 0 Å². The number of para-hydroxylation sites is 1. The molecule has 0 aliphatic carbocycles. The van der Waals surface area contributed by atoms with Gasteiger partial charge in [0.05, 0.1) is 17.1 Å². The number of carbonyl (C=O) groups is 2. The van der Waals surface area contributed by atoms with Crippen LogP contribution in [0.15, 0.2) is 52.2 Å². The summed E-state index contributed by atoms with van der Waals surface area (Å²) >= 11 is 1.22. The summed E-state index contributed by atoms with van der Waals surface area (Å²) in [6.45, 7) is 9.11. The number of benzene rings is 1. The molecule has 3 aromatic rings. The van der Waals surface area contributed by atoms with E-state index < -0.39 is 22.7 Å². The molecule has 0 radical (unpaired) electrons. The number of furan rings is 1. The molecule has 1 atom stereocenters. The van der Waals surface area contributed by atoms with E-state index in [4.69, 9.17) is 4.42 Å². The summed E-state index contributed by atoms with van der Waals surface area (Å²) in [6.07, 6.45) is 1.60. The van der Waals surface area contributed by atoms with E-state index in [0.717, 1.165) is 17.0 Å². The van der Waals surface area contributed by atoms with Crippen LogP contribution in [0.5, 0.6) is 0 Å². The maximum atomic E-state index is 12.5. The van der Waals surface area contributed by atoms with Crippen molar-refractivity contribution in [1.82, 2.24) is 25.4 Å². The largest absolute Gasteiger partial charge is 0.469 e. The van der Waals surface area contributed by atoms with Crippen LogP contribution in [0, 0.1) is 6.92 Å². The molecule has 0 spiro atoms. The van der Waals surface area contributed by atoms with E-state index in [1.54, 1.807) is 13.2 Å². The van der Waals surface area contributed by atoms with E-state index in [0.29, 0.717) is 11.0 Å². The molecule has 158 valence electrons. The van der Waals surface area contributed by atoms with Crippen molar-refractivity contribution in [2.75, 3.05) is 0 Å². The van der Waals surface area contributed by atoms with Gasteiger partial charge in [0.2, 0.25) is 5.91 Å². The maximum Gasteiger partial charge on any atom is 0.321 e. The fraction of sp³-hybridized carbons (Fsp3) is 0.333. The molecule has 0 bridgehead atoms. The van der Waals surface area contributed by atoms with Crippen molar-refractivity contribution in [2.24, 2.45) is 0 Å². The summed E-state index contributed by atoms with van der Waals surface area (Å²) in [6, 6.07) is 10.9. The topological polar surface area (TPSA) is 102 Å². The van der Waals surface area contributed by atoms with Crippen molar-refractivity contribution < 1.29 is 14.0 Å². The van der Waals surface area contributed by atoms with Gasteiger partial charge in [-0.2, -0.15) is 0 Å². The fourth-order valence-electron chi connectivity index (χ4n) is 2.74. The summed E-state index contributed by atoms with van der Waals surface area (Å²) < 4.78 is 7.30. The minimum atomic E-state index is -0.569. The average molecular weight is 428 g/mol. The lowest BCUT2D eigenvalue weighted by molar-refractivity contribution is -0.119. The molecule has 0 aliphatic heterocycles. The molecule has 30 heavy (non-hydrogen) atoms. The van der Waals surface area contributed by atoms with Crippen LogP contribution >= 0.6 is 11.8 Å². The number of urea groups is 1. The Hall–Kier alpha value is -3.07. The van der Waals surface area contributed by atoms with Crippen molar-refractivity contribution in [2.45, 2.75) is 50.6 Å². The van der Waals surface area contributed by atoms with Crippen LogP contribution in [-0.4, -0.2) is 37.5 Å². The lowest BCUT2D eigenvalue weighted by Gasteiger charge is -2.21. The number of nitrogens with zero attached hydrogens (tertiary/aromatic N) is 3. The lowest BCUT2D eigenvalue weighted by atomic mass is 10.1. The number of imide groups is 1. The van der Waals surface area contributed by atoms with Gasteiger partial charge >= 0.3 is 6.03 Å². The number of aromatic nitrogens is 3. The molecular weight excluding hydrogens is 402 g/mol. The third kappa shape index (κ3) is 5.10. The van der Waals surface area contributed by atoms with Gasteiger partial charge in [0.25, 0.3) is 0 Å². The smallest absolute Gasteiger partial charge is 0.321 e. The van der Waals surface area contributed by atoms with Gasteiger partial charge in [0.15, 0.2) is 11.0 Å². The highest BCUT2D eigenvalue weighted by atomic mass is 32.2. The molecular formula is C21H25N5O3S. The van der Waals surface area contributed by atoms with Crippen molar-refractivity contribution >= 4 is 23.7 Å². The standard InChI is InChI=1S/C21H25N5O3S/c1-13-16(11-12-29-13)17-24-25-20(26(17)15-9-7-6-8-10-15)30-14(2)18(27)22-19(28)23-21(3,4)5/h6-12,14H,1-5H3,(H2,22,23,27,28). The number of nitrogens with one attached hydrogen (secondary N) is 2. The zero-order chi connectivity index (χ0) is 21.9. The number of amides is 3. The molecule has 1 aromatic carbocycles. The summed E-state index contributed by atoms with van der Waals surface area (Å²) in [7, 11) is 0. The van der Waals surface area contributed by atoms with Gasteiger partial charge < -0.3 is 9.73 Å². The Kier molecular flexibility index (Phi) is 6.31. The highest BCUT2D eigenvalue weighted by Crippen LogP contribution is 2.31. The second-order valence-electron chi connectivity index (χ2n) is 7.82. The highest BCUT2D eigenvalue weighted by Gasteiger charge is 2.25. The fourth-order valence-corrected chi connectivity index (χ4v) is 3.61. The minimum absolute atomic E-state index is 0.412. The summed E-state index contributed by atoms with van der Waals surface area (Å²) in [5.41, 5.74) is 1.24. The van der Waals surface area contributed by atoms with E-state index in [-0.39, 0.29) is 0 Å². The number of hydrogen-bond donors (Lipinski definition) is 2. The Morgan fingerprint density at radius 2 is 1.83 bits per heavy atom. The molecule has 0 aliphatic rings. The minimum Gasteiger partial charge on any atom is -0.469 e. The Morgan fingerprint density at radius 1 is 1.13 bits per heavy atom. The lowest BCUT2D eigenvalue weighted by Crippen LogP contribution is -2.49. The Labute approximate surface area is 179 Å². The molecule has 8 nitrogen and oxygen atoms in total. The number of aryl methyl sites for hydroxylation is 1. The molecule has 9 heteroatoms. The first kappa shape index (κ1) is 21.6. The normalized spacial score (nSPS) is 12.4. The zero-order valence-corrected chi connectivity index (χ0v) is 18.4. The highest BCUT2D eigenvalue weighted by molar-refractivity contribution is 8.00. The molecule has 0 saturated carbocycles. The Morgan fingerprint density at radius 3 is 2.43 bits per heavy atom. The van der Waals surface area contributed by atoms with Crippen LogP contribution < -0.4 is 10.6 Å². The van der Waals surface area contributed by atoms with Gasteiger partial charge in [-0.3, -0.25) is 14.7 Å². The van der Waals surface area contributed by atoms with Crippen LogP contribution in [0.3, 0.4) is 0 Å². The molecule has 1 unspecified atom stereocenters. The van der Waals surface area contributed by atoms with E-state index in [1.807, 2.05) is 68.7 Å². The van der Waals surface area contributed by atoms with Gasteiger partial charge in [-0.1, -0.05) is 30.0 Å². The monoisotopic (exact) mass is 427 g/mol. The number of thioether (sulfide) groups is 1.